The molecule has 1 aromatic heterocycles. The molecule has 6 heteroatoms. The molecule has 5 nitrogen and oxygen atoms in total. The summed E-state index contributed by atoms with van der Waals surface area (Å²) in [5.74, 6) is 0.389. The summed E-state index contributed by atoms with van der Waals surface area (Å²) in [6.07, 6.45) is 6.39. The van der Waals surface area contributed by atoms with Crippen molar-refractivity contribution in [3.8, 4) is 0 Å². The second-order valence-corrected chi connectivity index (χ2v) is 8.14. The molecule has 3 heterocycles. The van der Waals surface area contributed by atoms with Gasteiger partial charge in [0, 0.05) is 49.8 Å². The summed E-state index contributed by atoms with van der Waals surface area (Å²) in [6.45, 7) is 3.08. The molecule has 27 heavy (non-hydrogen) atoms. The molecule has 1 spiro atoms. The number of carbonyl (C=O) groups is 1. The fourth-order valence-electron chi connectivity index (χ4n) is 4.81. The number of H-pyrrole nitrogens is 1. The summed E-state index contributed by atoms with van der Waals surface area (Å²) in [4.78, 5) is 25.4. The van der Waals surface area contributed by atoms with E-state index in [1.165, 1.54) is 11.8 Å². The average Bonchev–Trinajstić information content (AvgIpc) is 3.42. The summed E-state index contributed by atoms with van der Waals surface area (Å²) in [5, 5.41) is 0. The van der Waals surface area contributed by atoms with E-state index in [0.29, 0.717) is 12.5 Å². The van der Waals surface area contributed by atoms with Crippen LogP contribution in [0.25, 0.3) is 0 Å². The lowest BCUT2D eigenvalue weighted by molar-refractivity contribution is -0.143. The molecule has 1 aliphatic carbocycles. The molecular formula is C21H25FN4O. The second kappa shape index (κ2) is 6.44. The van der Waals surface area contributed by atoms with Crippen molar-refractivity contribution in [1.29, 1.82) is 0 Å². The smallest absolute Gasteiger partial charge is 0.226 e. The maximum Gasteiger partial charge on any atom is 0.226 e. The van der Waals surface area contributed by atoms with Gasteiger partial charge < -0.3 is 9.88 Å². The van der Waals surface area contributed by atoms with Crippen molar-refractivity contribution < 1.29 is 9.18 Å². The zero-order valence-electron chi connectivity index (χ0n) is 15.5. The van der Waals surface area contributed by atoms with Gasteiger partial charge in [-0.3, -0.25) is 9.69 Å². The van der Waals surface area contributed by atoms with Crippen LogP contribution in [0.5, 0.6) is 0 Å². The first-order chi connectivity index (χ1) is 13.2. The fraction of sp³-hybridized carbons (Fsp3) is 0.524. The Morgan fingerprint density at radius 2 is 2.00 bits per heavy atom. The summed E-state index contributed by atoms with van der Waals surface area (Å²) in [7, 11) is 0. The minimum Gasteiger partial charge on any atom is -0.348 e. The van der Waals surface area contributed by atoms with Crippen molar-refractivity contribution >= 4 is 5.91 Å². The molecule has 142 valence electrons. The van der Waals surface area contributed by atoms with Crippen LogP contribution in [0.1, 0.15) is 42.6 Å². The normalized spacial score (nSPS) is 22.0. The van der Waals surface area contributed by atoms with Gasteiger partial charge in [-0.25, -0.2) is 9.37 Å². The quantitative estimate of drug-likeness (QED) is 0.906. The summed E-state index contributed by atoms with van der Waals surface area (Å²) in [5.41, 5.74) is 2.69. The monoisotopic (exact) mass is 368 g/mol. The number of imidazole rings is 1. The minimum absolute atomic E-state index is 0.143. The fourth-order valence-corrected chi connectivity index (χ4v) is 4.81. The van der Waals surface area contributed by atoms with Crippen LogP contribution in [-0.4, -0.2) is 45.3 Å². The molecule has 3 aliphatic rings. The number of halogens is 1. The van der Waals surface area contributed by atoms with Crippen molar-refractivity contribution in [3.05, 3.63) is 53.4 Å². The lowest BCUT2D eigenvalue weighted by Gasteiger charge is -2.50. The van der Waals surface area contributed by atoms with E-state index in [1.807, 2.05) is 12.1 Å². The van der Waals surface area contributed by atoms with Crippen molar-refractivity contribution in [2.45, 2.75) is 44.2 Å². The molecule has 1 N–H and O–H groups in total. The second-order valence-electron chi connectivity index (χ2n) is 8.14. The number of piperidine rings is 1. The first kappa shape index (κ1) is 16.9. The highest BCUT2D eigenvalue weighted by atomic mass is 19.1. The number of aromatic nitrogens is 2. The zero-order chi connectivity index (χ0) is 18.4. The van der Waals surface area contributed by atoms with E-state index in [-0.39, 0.29) is 17.3 Å². The number of fused-ring (bicyclic) bond motifs is 2. The molecular weight excluding hydrogens is 343 g/mol. The Labute approximate surface area is 158 Å². The van der Waals surface area contributed by atoms with Crippen molar-refractivity contribution in [2.24, 2.45) is 5.92 Å². The summed E-state index contributed by atoms with van der Waals surface area (Å²) < 4.78 is 14.0. The van der Waals surface area contributed by atoms with Gasteiger partial charge >= 0.3 is 0 Å². The Balaban J connectivity index is 1.38. The van der Waals surface area contributed by atoms with Gasteiger partial charge in [0.25, 0.3) is 0 Å². The van der Waals surface area contributed by atoms with E-state index in [4.69, 9.17) is 0 Å². The number of rotatable bonds is 3. The maximum atomic E-state index is 14.0. The summed E-state index contributed by atoms with van der Waals surface area (Å²) in [6, 6.07) is 6.99. The number of hydrogen-bond donors (Lipinski definition) is 1. The van der Waals surface area contributed by atoms with Gasteiger partial charge in [-0.05, 0) is 31.7 Å². The molecule has 1 amide bonds. The van der Waals surface area contributed by atoms with Crippen LogP contribution in [-0.2, 0) is 23.3 Å². The molecule has 1 saturated heterocycles. The lowest BCUT2D eigenvalue weighted by atomic mass is 9.78. The molecule has 1 aromatic carbocycles. The predicted molar refractivity (Wildman–Crippen MR) is 99.3 cm³/mol. The Hall–Kier alpha value is -2.21. The van der Waals surface area contributed by atoms with Gasteiger partial charge in [-0.1, -0.05) is 18.2 Å². The van der Waals surface area contributed by atoms with E-state index >= 15 is 0 Å². The third kappa shape index (κ3) is 2.87. The van der Waals surface area contributed by atoms with Crippen LogP contribution in [0.15, 0.2) is 30.6 Å². The molecule has 2 fully saturated rings. The van der Waals surface area contributed by atoms with Crippen molar-refractivity contribution in [1.82, 2.24) is 19.8 Å². The zero-order valence-corrected chi connectivity index (χ0v) is 15.5. The van der Waals surface area contributed by atoms with Crippen LogP contribution in [0, 0.1) is 11.7 Å². The minimum atomic E-state index is -0.293. The standard InChI is InChI=1S/C21H25FN4O/c22-17-4-2-1-3-16(17)13-25-11-8-21(9-12-25)19-18(23-14-24-19)7-10-26(21)20(27)15-5-6-15/h1-4,14-15H,5-13H2,(H,23,24). The van der Waals surface area contributed by atoms with E-state index < -0.39 is 0 Å². The van der Waals surface area contributed by atoms with Crippen LogP contribution >= 0.6 is 0 Å². The van der Waals surface area contributed by atoms with Crippen molar-refractivity contribution in [2.75, 3.05) is 19.6 Å². The van der Waals surface area contributed by atoms with Gasteiger partial charge in [0.1, 0.15) is 5.82 Å². The molecule has 2 aliphatic heterocycles. The number of likely N-dealkylation sites (tertiary alicyclic amines) is 1. The Kier molecular flexibility index (Phi) is 4.04. The summed E-state index contributed by atoms with van der Waals surface area (Å²) >= 11 is 0. The van der Waals surface area contributed by atoms with Gasteiger partial charge in [-0.2, -0.15) is 0 Å². The third-order valence-corrected chi connectivity index (χ3v) is 6.49. The molecule has 0 bridgehead atoms. The Morgan fingerprint density at radius 1 is 1.22 bits per heavy atom. The number of aromatic amines is 1. The molecule has 2 aromatic rings. The number of amides is 1. The Morgan fingerprint density at radius 3 is 2.74 bits per heavy atom. The van der Waals surface area contributed by atoms with Crippen LogP contribution < -0.4 is 0 Å². The molecule has 0 atom stereocenters. The molecule has 0 radical (unpaired) electrons. The van der Waals surface area contributed by atoms with Crippen molar-refractivity contribution in [3.63, 3.8) is 0 Å². The maximum absolute atomic E-state index is 14.0. The van der Waals surface area contributed by atoms with Gasteiger partial charge in [0.05, 0.1) is 17.6 Å². The largest absolute Gasteiger partial charge is 0.348 e. The van der Waals surface area contributed by atoms with Crippen LogP contribution in [0.2, 0.25) is 0 Å². The van der Waals surface area contributed by atoms with Crippen LogP contribution in [0.3, 0.4) is 0 Å². The van der Waals surface area contributed by atoms with Crippen LogP contribution in [0.4, 0.5) is 4.39 Å². The first-order valence-electron chi connectivity index (χ1n) is 9.97. The average molecular weight is 368 g/mol. The third-order valence-electron chi connectivity index (χ3n) is 6.49. The SMILES string of the molecule is O=C(C1CC1)N1CCc2[nH]cnc2C12CCN(Cc1ccccc1F)CC2. The molecule has 5 rings (SSSR count). The first-order valence-corrected chi connectivity index (χ1v) is 9.97. The van der Waals surface area contributed by atoms with E-state index in [2.05, 4.69) is 19.8 Å². The number of carbonyl (C=O) groups excluding carboxylic acids is 1. The number of nitrogens with zero attached hydrogens (tertiary/aromatic N) is 3. The predicted octanol–water partition coefficient (Wildman–Crippen LogP) is 2.83. The molecule has 0 unspecified atom stereocenters. The molecule has 1 saturated carbocycles. The highest BCUT2D eigenvalue weighted by Gasteiger charge is 2.50. The highest BCUT2D eigenvalue weighted by Crippen LogP contribution is 2.45. The highest BCUT2D eigenvalue weighted by molar-refractivity contribution is 5.82. The van der Waals surface area contributed by atoms with Gasteiger partial charge in [0.2, 0.25) is 5.91 Å². The lowest BCUT2D eigenvalue weighted by Crippen LogP contribution is -2.58. The Bertz CT molecular complexity index is 851. The number of nitrogens with one attached hydrogen (secondary N) is 1. The topological polar surface area (TPSA) is 52.2 Å². The van der Waals surface area contributed by atoms with Gasteiger partial charge in [0.15, 0.2) is 0 Å². The van der Waals surface area contributed by atoms with Gasteiger partial charge in [-0.15, -0.1) is 0 Å². The van der Waals surface area contributed by atoms with E-state index in [0.717, 1.165) is 63.0 Å². The van der Waals surface area contributed by atoms with E-state index in [9.17, 15) is 9.18 Å². The van der Waals surface area contributed by atoms with E-state index in [1.54, 1.807) is 12.4 Å². The number of benzene rings is 1. The number of hydrogen-bond acceptors (Lipinski definition) is 3.